The van der Waals surface area contributed by atoms with E-state index in [4.69, 9.17) is 26.0 Å². The standard InChI is InChI=1S/C29H32ClN9OS2/c1-28(2,3)42(40)38-23-19-6-10-31-15-17(19)14-29(23)8-12-39(13-9-29)27-36-25-26(37-27)35-21(16-33-25)41-20-7-11-32-24(22(20)30)34-18-4-5-18/h6-7,10-11,15-16,18H,4-5,8-9,12-14H2,1-3H3,(H,32,34)(H,33,35,36,37). The molecule has 218 valence electrons. The van der Waals surface area contributed by atoms with Crippen LogP contribution in [0.5, 0.6) is 0 Å². The first-order valence-electron chi connectivity index (χ1n) is 14.2. The first-order chi connectivity index (χ1) is 20.2. The lowest BCUT2D eigenvalue weighted by molar-refractivity contribution is 0.329. The molecule has 1 atom stereocenters. The average molecular weight is 622 g/mol. The molecule has 1 spiro atoms. The number of halogens is 1. The van der Waals surface area contributed by atoms with E-state index in [0.717, 1.165) is 72.3 Å². The second kappa shape index (κ2) is 10.6. The summed E-state index contributed by atoms with van der Waals surface area (Å²) < 4.78 is 17.5. The predicted molar refractivity (Wildman–Crippen MR) is 168 cm³/mol. The van der Waals surface area contributed by atoms with Gasteiger partial charge in [0.15, 0.2) is 11.3 Å². The molecule has 4 aromatic heterocycles. The van der Waals surface area contributed by atoms with Crippen LogP contribution in [0.15, 0.2) is 51.2 Å². The highest BCUT2D eigenvalue weighted by atomic mass is 35.5. The van der Waals surface area contributed by atoms with Gasteiger partial charge in [-0.1, -0.05) is 23.4 Å². The fourth-order valence-corrected chi connectivity index (χ4v) is 7.36. The number of piperidine rings is 1. The molecule has 1 saturated heterocycles. The van der Waals surface area contributed by atoms with Gasteiger partial charge < -0.3 is 15.2 Å². The summed E-state index contributed by atoms with van der Waals surface area (Å²) in [6, 6.07) is 4.38. The number of pyridine rings is 2. The second-order valence-electron chi connectivity index (χ2n) is 12.2. The van der Waals surface area contributed by atoms with Crippen molar-refractivity contribution in [3.05, 3.63) is 53.1 Å². The van der Waals surface area contributed by atoms with Crippen LogP contribution in [0.2, 0.25) is 5.02 Å². The maximum atomic E-state index is 13.1. The van der Waals surface area contributed by atoms with Gasteiger partial charge in [0.25, 0.3) is 0 Å². The molecule has 10 nitrogen and oxygen atoms in total. The molecule has 2 fully saturated rings. The number of nitrogens with zero attached hydrogens (tertiary/aromatic N) is 7. The van der Waals surface area contributed by atoms with Gasteiger partial charge in [-0.2, -0.15) is 9.38 Å². The lowest BCUT2D eigenvalue weighted by Crippen LogP contribution is -2.44. The Hall–Kier alpha value is -3.09. The molecular weight excluding hydrogens is 590 g/mol. The van der Waals surface area contributed by atoms with Gasteiger partial charge in [0, 0.05) is 53.6 Å². The van der Waals surface area contributed by atoms with Gasteiger partial charge in [-0.3, -0.25) is 4.98 Å². The van der Waals surface area contributed by atoms with E-state index in [1.54, 1.807) is 18.6 Å². The first kappa shape index (κ1) is 27.7. The van der Waals surface area contributed by atoms with Crippen LogP contribution in [0.25, 0.3) is 11.3 Å². The summed E-state index contributed by atoms with van der Waals surface area (Å²) in [5.41, 5.74) is 4.29. The number of hydrogen-bond acceptors (Lipinski definition) is 9. The number of rotatable bonds is 6. The number of aromatic amines is 1. The molecule has 0 aromatic carbocycles. The molecule has 13 heteroatoms. The van der Waals surface area contributed by atoms with Crippen molar-refractivity contribution in [1.82, 2.24) is 29.9 Å². The van der Waals surface area contributed by atoms with Gasteiger partial charge >= 0.3 is 0 Å². The van der Waals surface area contributed by atoms with Gasteiger partial charge in [0.1, 0.15) is 21.8 Å². The van der Waals surface area contributed by atoms with Crippen molar-refractivity contribution in [2.75, 3.05) is 23.3 Å². The molecule has 0 bridgehead atoms. The van der Waals surface area contributed by atoms with Gasteiger partial charge in [-0.15, -0.1) is 0 Å². The van der Waals surface area contributed by atoms with E-state index in [1.807, 2.05) is 39.1 Å². The molecule has 0 amide bonds. The van der Waals surface area contributed by atoms with Crippen LogP contribution in [-0.2, 0) is 17.4 Å². The lowest BCUT2D eigenvalue weighted by Gasteiger charge is -2.39. The Kier molecular flexibility index (Phi) is 6.98. The fourth-order valence-electron chi connectivity index (χ4n) is 5.56. The van der Waals surface area contributed by atoms with Crippen LogP contribution >= 0.6 is 23.4 Å². The molecule has 2 aliphatic carbocycles. The van der Waals surface area contributed by atoms with Gasteiger partial charge in [-0.05, 0) is 70.6 Å². The van der Waals surface area contributed by atoms with Crippen molar-refractivity contribution >= 4 is 63.1 Å². The van der Waals surface area contributed by atoms with Gasteiger partial charge in [-0.25, -0.2) is 19.2 Å². The van der Waals surface area contributed by atoms with Crippen LogP contribution in [0.1, 0.15) is 57.6 Å². The zero-order valence-corrected chi connectivity index (χ0v) is 26.1. The Bertz CT molecular complexity index is 1720. The number of fused-ring (bicyclic) bond motifs is 2. The van der Waals surface area contributed by atoms with E-state index in [1.165, 1.54) is 17.3 Å². The highest BCUT2D eigenvalue weighted by Gasteiger charge is 2.46. The number of nitrogens with one attached hydrogen (secondary N) is 2. The molecule has 42 heavy (non-hydrogen) atoms. The van der Waals surface area contributed by atoms with Crippen LogP contribution in [-0.4, -0.2) is 63.7 Å². The second-order valence-corrected chi connectivity index (χ2v) is 15.6. The normalized spacial score (nSPS) is 19.9. The van der Waals surface area contributed by atoms with Crippen LogP contribution in [0, 0.1) is 5.41 Å². The number of hydrogen-bond donors (Lipinski definition) is 2. The van der Waals surface area contributed by atoms with Gasteiger partial charge in [0.2, 0.25) is 5.95 Å². The minimum absolute atomic E-state index is 0.161. The van der Waals surface area contributed by atoms with Crippen LogP contribution in [0.4, 0.5) is 11.8 Å². The van der Waals surface area contributed by atoms with Crippen molar-refractivity contribution in [2.24, 2.45) is 9.81 Å². The third-order valence-electron chi connectivity index (χ3n) is 8.07. The first-order valence-corrected chi connectivity index (χ1v) is 16.5. The van der Waals surface area contributed by atoms with E-state index >= 15 is 0 Å². The summed E-state index contributed by atoms with van der Waals surface area (Å²) in [4.78, 5) is 29.4. The zero-order valence-electron chi connectivity index (χ0n) is 23.7. The molecule has 1 unspecified atom stereocenters. The number of imidazole rings is 1. The quantitative estimate of drug-likeness (QED) is 0.282. The summed E-state index contributed by atoms with van der Waals surface area (Å²) in [6.45, 7) is 7.47. The highest BCUT2D eigenvalue weighted by Crippen LogP contribution is 2.46. The third kappa shape index (κ3) is 5.28. The van der Waals surface area contributed by atoms with Crippen LogP contribution < -0.4 is 10.2 Å². The van der Waals surface area contributed by atoms with Crippen molar-refractivity contribution in [3.63, 3.8) is 0 Å². The summed E-state index contributed by atoms with van der Waals surface area (Å²) in [7, 11) is -1.34. The van der Waals surface area contributed by atoms with E-state index in [2.05, 4.69) is 30.2 Å². The Morgan fingerprint density at radius 2 is 1.95 bits per heavy atom. The minimum atomic E-state index is -1.34. The monoisotopic (exact) mass is 621 g/mol. The highest BCUT2D eigenvalue weighted by molar-refractivity contribution is 7.99. The number of aromatic nitrogens is 6. The molecule has 0 radical (unpaired) electrons. The lowest BCUT2D eigenvalue weighted by atomic mass is 9.74. The minimum Gasteiger partial charge on any atom is -0.366 e. The van der Waals surface area contributed by atoms with E-state index < -0.39 is 15.7 Å². The van der Waals surface area contributed by atoms with Gasteiger partial charge in [0.05, 0.1) is 21.7 Å². The zero-order chi connectivity index (χ0) is 29.1. The third-order valence-corrected chi connectivity index (χ3v) is 10.9. The Morgan fingerprint density at radius 1 is 1.14 bits per heavy atom. The predicted octanol–water partition coefficient (Wildman–Crippen LogP) is 5.62. The van der Waals surface area contributed by atoms with Crippen molar-refractivity contribution in [2.45, 2.75) is 73.6 Å². The summed E-state index contributed by atoms with van der Waals surface area (Å²) >= 11 is 8.10. The van der Waals surface area contributed by atoms with Crippen molar-refractivity contribution in [3.8, 4) is 0 Å². The number of H-pyrrole nitrogens is 1. The maximum absolute atomic E-state index is 13.1. The molecule has 3 aliphatic rings. The SMILES string of the molecule is CC(C)(C)S(=O)N=C1c2ccncc2CC12CCN(c1nc3ncc(Sc4ccnc(NC5CC5)c4Cl)nc3[nH]1)CC2. The van der Waals surface area contributed by atoms with Crippen LogP contribution in [0.3, 0.4) is 0 Å². The van der Waals surface area contributed by atoms with Crippen molar-refractivity contribution in [1.29, 1.82) is 0 Å². The fraction of sp³-hybridized carbons (Fsp3) is 0.448. The smallest absolute Gasteiger partial charge is 0.206 e. The topological polar surface area (TPSA) is 125 Å². The average Bonchev–Trinajstić information content (AvgIpc) is 3.61. The Labute approximate surface area is 256 Å². The number of anilines is 2. The van der Waals surface area contributed by atoms with Crippen molar-refractivity contribution < 1.29 is 4.21 Å². The largest absolute Gasteiger partial charge is 0.366 e. The van der Waals surface area contributed by atoms with E-state index in [-0.39, 0.29) is 5.41 Å². The molecular formula is C29H32ClN9OS2. The Morgan fingerprint density at radius 3 is 2.71 bits per heavy atom. The summed E-state index contributed by atoms with van der Waals surface area (Å²) in [6.07, 6.45) is 12.1. The molecule has 1 aliphatic heterocycles. The maximum Gasteiger partial charge on any atom is 0.206 e. The molecule has 2 N–H and O–H groups in total. The molecule has 4 aromatic rings. The molecule has 1 saturated carbocycles. The van der Waals surface area contributed by atoms with E-state index in [0.29, 0.717) is 28.2 Å². The summed E-state index contributed by atoms with van der Waals surface area (Å²) in [5, 5.41) is 4.71. The summed E-state index contributed by atoms with van der Waals surface area (Å²) in [5.74, 6) is 1.47. The molecule has 5 heterocycles. The Balaban J connectivity index is 1.09. The molecule has 7 rings (SSSR count). The van der Waals surface area contributed by atoms with E-state index in [9.17, 15) is 4.21 Å².